The van der Waals surface area contributed by atoms with Crippen LogP contribution in [0.4, 0.5) is 0 Å². The SMILES string of the molecule is CCOCC12CCC(C(=O)Cl)(CC1)CC2. The van der Waals surface area contributed by atoms with Gasteiger partial charge in [0.1, 0.15) is 0 Å². The molecule has 3 heteroatoms. The highest BCUT2D eigenvalue weighted by Gasteiger charge is 2.51. The van der Waals surface area contributed by atoms with E-state index in [0.717, 1.165) is 51.7 Å². The lowest BCUT2D eigenvalue weighted by Crippen LogP contribution is -2.46. The molecule has 3 aliphatic rings. The Hall–Kier alpha value is -0.0800. The van der Waals surface area contributed by atoms with Crippen molar-refractivity contribution < 1.29 is 9.53 Å². The third kappa shape index (κ3) is 1.94. The van der Waals surface area contributed by atoms with Crippen molar-refractivity contribution in [2.45, 2.75) is 45.4 Å². The van der Waals surface area contributed by atoms with Crippen LogP contribution in [-0.4, -0.2) is 18.5 Å². The quantitative estimate of drug-likeness (QED) is 0.694. The highest BCUT2D eigenvalue weighted by molar-refractivity contribution is 6.64. The molecule has 0 saturated heterocycles. The standard InChI is InChI=1S/C12H19ClO2/c1-2-15-9-11-3-6-12(7-4-11,8-5-11)10(13)14/h2-9H2,1H3. The number of halogens is 1. The molecular weight excluding hydrogens is 212 g/mol. The smallest absolute Gasteiger partial charge is 0.227 e. The molecule has 0 aliphatic heterocycles. The third-order valence-electron chi connectivity index (χ3n) is 4.43. The van der Waals surface area contributed by atoms with Crippen LogP contribution in [0.25, 0.3) is 0 Å². The van der Waals surface area contributed by atoms with Crippen LogP contribution in [0, 0.1) is 10.8 Å². The summed E-state index contributed by atoms with van der Waals surface area (Å²) in [6, 6.07) is 0. The molecular formula is C12H19ClO2. The molecule has 3 rings (SSSR count). The van der Waals surface area contributed by atoms with Gasteiger partial charge in [-0.25, -0.2) is 0 Å². The van der Waals surface area contributed by atoms with Gasteiger partial charge in [-0.2, -0.15) is 0 Å². The highest BCUT2D eigenvalue weighted by atomic mass is 35.5. The number of fused-ring (bicyclic) bond motifs is 3. The van der Waals surface area contributed by atoms with E-state index in [2.05, 4.69) is 0 Å². The Morgan fingerprint density at radius 2 is 1.73 bits per heavy atom. The van der Waals surface area contributed by atoms with Gasteiger partial charge in [-0.3, -0.25) is 4.79 Å². The number of hydrogen-bond donors (Lipinski definition) is 0. The Balaban J connectivity index is 2.01. The lowest BCUT2D eigenvalue weighted by atomic mass is 9.54. The molecule has 2 bridgehead atoms. The average molecular weight is 231 g/mol. The van der Waals surface area contributed by atoms with Crippen molar-refractivity contribution in [1.82, 2.24) is 0 Å². The summed E-state index contributed by atoms with van der Waals surface area (Å²) in [6.07, 6.45) is 6.27. The fraction of sp³-hybridized carbons (Fsp3) is 0.917. The van der Waals surface area contributed by atoms with Crippen molar-refractivity contribution in [2.24, 2.45) is 10.8 Å². The Morgan fingerprint density at radius 1 is 1.20 bits per heavy atom. The number of rotatable bonds is 4. The third-order valence-corrected chi connectivity index (χ3v) is 4.83. The lowest BCUT2D eigenvalue weighted by molar-refractivity contribution is -0.132. The fourth-order valence-corrected chi connectivity index (χ4v) is 3.38. The van der Waals surface area contributed by atoms with Crippen LogP contribution in [-0.2, 0) is 9.53 Å². The van der Waals surface area contributed by atoms with E-state index in [-0.39, 0.29) is 10.7 Å². The van der Waals surface area contributed by atoms with Crippen molar-refractivity contribution in [3.8, 4) is 0 Å². The molecule has 0 unspecified atom stereocenters. The minimum Gasteiger partial charge on any atom is -0.381 e. The predicted octanol–water partition coefficient (Wildman–Crippen LogP) is 3.13. The normalized spacial score (nSPS) is 39.3. The molecule has 3 aliphatic carbocycles. The maximum atomic E-state index is 11.4. The summed E-state index contributed by atoms with van der Waals surface area (Å²) in [6.45, 7) is 3.70. The summed E-state index contributed by atoms with van der Waals surface area (Å²) in [5, 5.41) is -0.104. The first-order valence-corrected chi connectivity index (χ1v) is 6.28. The summed E-state index contributed by atoms with van der Waals surface area (Å²) < 4.78 is 5.57. The van der Waals surface area contributed by atoms with Crippen molar-refractivity contribution >= 4 is 16.8 Å². The van der Waals surface area contributed by atoms with E-state index in [1.807, 2.05) is 6.92 Å². The molecule has 0 atom stereocenters. The summed E-state index contributed by atoms with van der Waals surface area (Å²) >= 11 is 5.72. The molecule has 0 aromatic carbocycles. The van der Waals surface area contributed by atoms with Gasteiger partial charge in [-0.05, 0) is 62.5 Å². The van der Waals surface area contributed by atoms with Gasteiger partial charge in [0.05, 0.1) is 6.61 Å². The van der Waals surface area contributed by atoms with Gasteiger partial charge in [0.25, 0.3) is 0 Å². The van der Waals surface area contributed by atoms with E-state index < -0.39 is 0 Å². The van der Waals surface area contributed by atoms with E-state index in [1.54, 1.807) is 0 Å². The van der Waals surface area contributed by atoms with E-state index in [1.165, 1.54) is 0 Å². The van der Waals surface area contributed by atoms with Gasteiger partial charge in [-0.15, -0.1) is 0 Å². The second kappa shape index (κ2) is 4.06. The molecule has 0 radical (unpaired) electrons. The van der Waals surface area contributed by atoms with Gasteiger partial charge < -0.3 is 4.74 Å². The molecule has 0 heterocycles. The van der Waals surface area contributed by atoms with E-state index >= 15 is 0 Å². The van der Waals surface area contributed by atoms with Crippen LogP contribution in [0.2, 0.25) is 0 Å². The van der Waals surface area contributed by atoms with Crippen molar-refractivity contribution in [1.29, 1.82) is 0 Å². The molecule has 0 spiro atoms. The molecule has 3 fully saturated rings. The number of carbonyl (C=O) groups excluding carboxylic acids is 1. The fourth-order valence-electron chi connectivity index (χ4n) is 3.09. The van der Waals surface area contributed by atoms with Crippen LogP contribution < -0.4 is 0 Å². The molecule has 0 aromatic heterocycles. The predicted molar refractivity (Wildman–Crippen MR) is 59.9 cm³/mol. The summed E-state index contributed by atoms with van der Waals surface area (Å²) in [5.41, 5.74) is 0.194. The Labute approximate surface area is 96.3 Å². The minimum absolute atomic E-state index is 0.104. The van der Waals surface area contributed by atoms with Crippen molar-refractivity contribution in [2.75, 3.05) is 13.2 Å². The van der Waals surface area contributed by atoms with Crippen molar-refractivity contribution in [3.05, 3.63) is 0 Å². The molecule has 0 amide bonds. The monoisotopic (exact) mass is 230 g/mol. The summed E-state index contributed by atoms with van der Waals surface area (Å²) in [4.78, 5) is 11.4. The number of ether oxygens (including phenoxy) is 1. The zero-order valence-electron chi connectivity index (χ0n) is 9.35. The minimum atomic E-state index is -0.171. The Morgan fingerprint density at radius 3 is 2.13 bits per heavy atom. The first-order valence-electron chi connectivity index (χ1n) is 5.90. The van der Waals surface area contributed by atoms with Crippen LogP contribution in [0.15, 0.2) is 0 Å². The topological polar surface area (TPSA) is 26.3 Å². The number of hydrogen-bond acceptors (Lipinski definition) is 2. The van der Waals surface area contributed by atoms with E-state index in [9.17, 15) is 4.79 Å². The Bertz CT molecular complexity index is 238. The van der Waals surface area contributed by atoms with Crippen LogP contribution >= 0.6 is 11.6 Å². The molecule has 15 heavy (non-hydrogen) atoms. The van der Waals surface area contributed by atoms with Gasteiger partial charge in [0.15, 0.2) is 0 Å². The molecule has 0 N–H and O–H groups in total. The van der Waals surface area contributed by atoms with Gasteiger partial charge in [0.2, 0.25) is 5.24 Å². The maximum Gasteiger partial charge on any atom is 0.227 e. The maximum absolute atomic E-state index is 11.4. The molecule has 86 valence electrons. The van der Waals surface area contributed by atoms with Crippen molar-refractivity contribution in [3.63, 3.8) is 0 Å². The second-order valence-corrected chi connectivity index (χ2v) is 5.53. The van der Waals surface area contributed by atoms with Gasteiger partial charge >= 0.3 is 0 Å². The van der Waals surface area contributed by atoms with Crippen LogP contribution in [0.1, 0.15) is 45.4 Å². The molecule has 2 nitrogen and oxygen atoms in total. The van der Waals surface area contributed by atoms with E-state index in [0.29, 0.717) is 5.41 Å². The first-order chi connectivity index (χ1) is 7.13. The van der Waals surface area contributed by atoms with Gasteiger partial charge in [-0.1, -0.05) is 0 Å². The molecule has 3 saturated carbocycles. The molecule has 0 aromatic rings. The zero-order valence-corrected chi connectivity index (χ0v) is 10.1. The van der Waals surface area contributed by atoms with Crippen LogP contribution in [0.5, 0.6) is 0 Å². The zero-order chi connectivity index (χ0) is 10.9. The van der Waals surface area contributed by atoms with E-state index in [4.69, 9.17) is 16.3 Å². The first kappa shape index (κ1) is 11.4. The summed E-state index contributed by atoms with van der Waals surface area (Å²) in [5.74, 6) is 0. The van der Waals surface area contributed by atoms with Crippen LogP contribution in [0.3, 0.4) is 0 Å². The number of carbonyl (C=O) groups is 1. The second-order valence-electron chi connectivity index (χ2n) is 5.19. The largest absolute Gasteiger partial charge is 0.381 e. The lowest BCUT2D eigenvalue weighted by Gasteiger charge is -2.51. The average Bonchev–Trinajstić information content (AvgIpc) is 2.29. The van der Waals surface area contributed by atoms with Gasteiger partial charge in [0, 0.05) is 12.0 Å². The Kier molecular flexibility index (Phi) is 3.09. The highest BCUT2D eigenvalue weighted by Crippen LogP contribution is 2.57. The summed E-state index contributed by atoms with van der Waals surface area (Å²) in [7, 11) is 0.